The predicted molar refractivity (Wildman–Crippen MR) is 110 cm³/mol. The molecule has 1 aliphatic heterocycles. The highest BCUT2D eigenvalue weighted by molar-refractivity contribution is 7.91. The van der Waals surface area contributed by atoms with Crippen molar-refractivity contribution in [2.45, 2.75) is 25.7 Å². The summed E-state index contributed by atoms with van der Waals surface area (Å²) in [7, 11) is -2.31. The number of sulfonamides is 1. The standard InChI is InChI=1S/C19H19N7O3S/c1-10-4-5-12-9-30(27,28)25-18-16(15(7-20)26(3)24-18)14-8-22-17(21)19(23-14)29-11(2)13(12)6-10/h4-6,8,11H,9H2,1-3H3,(H2,21,22)(H,24,25)/t11-/m1/s1. The van der Waals surface area contributed by atoms with E-state index in [2.05, 4.69) is 19.8 Å². The Labute approximate surface area is 173 Å². The van der Waals surface area contributed by atoms with Crippen LogP contribution in [0.4, 0.5) is 11.6 Å². The van der Waals surface area contributed by atoms with Gasteiger partial charge in [-0.2, -0.15) is 10.4 Å². The van der Waals surface area contributed by atoms with Crippen molar-refractivity contribution in [3.8, 4) is 23.2 Å². The average molecular weight is 425 g/mol. The quantitative estimate of drug-likeness (QED) is 0.556. The molecule has 0 saturated heterocycles. The van der Waals surface area contributed by atoms with Gasteiger partial charge >= 0.3 is 0 Å². The van der Waals surface area contributed by atoms with Crippen molar-refractivity contribution >= 4 is 21.7 Å². The molecule has 2 aromatic heterocycles. The first kappa shape index (κ1) is 19.7. The van der Waals surface area contributed by atoms with Crippen LogP contribution < -0.4 is 15.2 Å². The zero-order chi connectivity index (χ0) is 21.6. The largest absolute Gasteiger partial charge is 0.467 e. The summed E-state index contributed by atoms with van der Waals surface area (Å²) in [5, 5.41) is 13.7. The van der Waals surface area contributed by atoms with E-state index in [1.165, 1.54) is 10.9 Å². The molecule has 1 atom stereocenters. The smallest absolute Gasteiger partial charge is 0.258 e. The van der Waals surface area contributed by atoms with Gasteiger partial charge in [0.25, 0.3) is 5.88 Å². The number of aryl methyl sites for hydroxylation is 2. The monoisotopic (exact) mass is 425 g/mol. The Morgan fingerprint density at radius 3 is 2.90 bits per heavy atom. The molecule has 3 aromatic rings. The molecule has 0 unspecified atom stereocenters. The summed E-state index contributed by atoms with van der Waals surface area (Å²) in [5.41, 5.74) is 8.75. The molecule has 3 N–H and O–H groups in total. The second-order valence-electron chi connectivity index (χ2n) is 7.08. The average Bonchev–Trinajstić information content (AvgIpc) is 2.98. The third-order valence-corrected chi connectivity index (χ3v) is 6.00. The third kappa shape index (κ3) is 3.42. The van der Waals surface area contributed by atoms with Gasteiger partial charge in [0.05, 0.1) is 23.2 Å². The lowest BCUT2D eigenvalue weighted by atomic mass is 10.0. The van der Waals surface area contributed by atoms with Gasteiger partial charge in [-0.15, -0.1) is 0 Å². The minimum atomic E-state index is -3.85. The molecule has 154 valence electrons. The normalized spacial score (nSPS) is 17.2. The first-order chi connectivity index (χ1) is 14.2. The molecule has 11 heteroatoms. The maximum absolute atomic E-state index is 13.0. The number of nitrogen functional groups attached to an aromatic ring is 1. The van der Waals surface area contributed by atoms with Crippen LogP contribution in [-0.4, -0.2) is 28.2 Å². The number of ether oxygens (including phenoxy) is 1. The topological polar surface area (TPSA) is 149 Å². The van der Waals surface area contributed by atoms with Crippen molar-refractivity contribution in [3.63, 3.8) is 0 Å². The van der Waals surface area contributed by atoms with Crippen molar-refractivity contribution in [2.75, 3.05) is 10.5 Å². The number of nitriles is 1. The Kier molecular flexibility index (Phi) is 4.58. The van der Waals surface area contributed by atoms with E-state index in [-0.39, 0.29) is 40.2 Å². The zero-order valence-electron chi connectivity index (χ0n) is 16.5. The minimum Gasteiger partial charge on any atom is -0.467 e. The summed E-state index contributed by atoms with van der Waals surface area (Å²) in [6.45, 7) is 3.70. The van der Waals surface area contributed by atoms with Gasteiger partial charge in [0, 0.05) is 7.05 Å². The van der Waals surface area contributed by atoms with E-state index in [4.69, 9.17) is 10.5 Å². The number of benzene rings is 1. The maximum Gasteiger partial charge on any atom is 0.258 e. The Bertz CT molecular complexity index is 1310. The lowest BCUT2D eigenvalue weighted by Gasteiger charge is -2.20. The van der Waals surface area contributed by atoms with Crippen LogP contribution in [0.5, 0.6) is 5.88 Å². The first-order valence-electron chi connectivity index (χ1n) is 9.05. The van der Waals surface area contributed by atoms with Gasteiger partial charge in [-0.1, -0.05) is 23.8 Å². The highest BCUT2D eigenvalue weighted by Gasteiger charge is 2.27. The second kappa shape index (κ2) is 7.00. The maximum atomic E-state index is 13.0. The Morgan fingerprint density at radius 1 is 1.40 bits per heavy atom. The van der Waals surface area contributed by atoms with Gasteiger partial charge in [0.15, 0.2) is 11.6 Å². The van der Waals surface area contributed by atoms with Crippen LogP contribution in [0, 0.1) is 18.3 Å². The van der Waals surface area contributed by atoms with Crippen LogP contribution in [0.2, 0.25) is 0 Å². The van der Waals surface area contributed by atoms with E-state index in [0.29, 0.717) is 11.1 Å². The fourth-order valence-electron chi connectivity index (χ4n) is 3.40. The molecule has 1 aromatic carbocycles. The van der Waals surface area contributed by atoms with E-state index in [0.717, 1.165) is 5.56 Å². The number of aromatic nitrogens is 4. The molecule has 4 rings (SSSR count). The van der Waals surface area contributed by atoms with Crippen LogP contribution in [0.1, 0.15) is 35.4 Å². The summed E-state index contributed by atoms with van der Waals surface area (Å²) in [4.78, 5) is 8.54. The number of nitrogens with zero attached hydrogens (tertiary/aromatic N) is 5. The molecule has 0 saturated carbocycles. The fourth-order valence-corrected chi connectivity index (χ4v) is 4.58. The molecule has 0 aliphatic carbocycles. The molecular weight excluding hydrogens is 406 g/mol. The lowest BCUT2D eigenvalue weighted by Crippen LogP contribution is -2.19. The highest BCUT2D eigenvalue weighted by Crippen LogP contribution is 2.35. The summed E-state index contributed by atoms with van der Waals surface area (Å²) >= 11 is 0. The minimum absolute atomic E-state index is 0.0126. The number of fused-ring (bicyclic) bond motifs is 5. The summed E-state index contributed by atoms with van der Waals surface area (Å²) in [6.07, 6.45) is 0.817. The third-order valence-electron chi connectivity index (χ3n) is 4.80. The molecule has 3 heterocycles. The summed E-state index contributed by atoms with van der Waals surface area (Å²) < 4.78 is 35.7. The van der Waals surface area contributed by atoms with Crippen molar-refractivity contribution < 1.29 is 13.2 Å². The van der Waals surface area contributed by atoms with Crippen molar-refractivity contribution in [2.24, 2.45) is 7.05 Å². The number of nitrogens with two attached hydrogens (primary N) is 1. The molecule has 0 spiro atoms. The van der Waals surface area contributed by atoms with Crippen LogP contribution in [0.15, 0.2) is 24.4 Å². The van der Waals surface area contributed by atoms with Crippen molar-refractivity contribution in [1.82, 2.24) is 19.7 Å². The van der Waals surface area contributed by atoms with Crippen LogP contribution in [0.25, 0.3) is 11.3 Å². The van der Waals surface area contributed by atoms with E-state index in [1.807, 2.05) is 25.1 Å². The molecule has 0 radical (unpaired) electrons. The highest BCUT2D eigenvalue weighted by atomic mass is 32.2. The molecule has 10 nitrogen and oxygen atoms in total. The number of anilines is 2. The Morgan fingerprint density at radius 2 is 2.17 bits per heavy atom. The van der Waals surface area contributed by atoms with Crippen LogP contribution in [0.3, 0.4) is 0 Å². The molecule has 30 heavy (non-hydrogen) atoms. The van der Waals surface area contributed by atoms with Gasteiger partial charge in [0.1, 0.15) is 17.9 Å². The number of hydrogen-bond acceptors (Lipinski definition) is 8. The van der Waals surface area contributed by atoms with E-state index >= 15 is 0 Å². The number of rotatable bonds is 0. The van der Waals surface area contributed by atoms with E-state index in [1.54, 1.807) is 20.0 Å². The van der Waals surface area contributed by atoms with Gasteiger partial charge in [-0.3, -0.25) is 9.40 Å². The van der Waals surface area contributed by atoms with Gasteiger partial charge < -0.3 is 10.5 Å². The molecule has 0 fully saturated rings. The van der Waals surface area contributed by atoms with Crippen LogP contribution >= 0.6 is 0 Å². The van der Waals surface area contributed by atoms with Crippen molar-refractivity contribution in [1.29, 1.82) is 5.26 Å². The summed E-state index contributed by atoms with van der Waals surface area (Å²) in [5.74, 6) is -0.124. The van der Waals surface area contributed by atoms with Gasteiger partial charge in [-0.05, 0) is 25.0 Å². The van der Waals surface area contributed by atoms with E-state index in [9.17, 15) is 13.7 Å². The lowest BCUT2D eigenvalue weighted by molar-refractivity contribution is 0.217. The first-order valence-corrected chi connectivity index (χ1v) is 10.7. The molecule has 0 amide bonds. The Balaban J connectivity index is 2.00. The molecule has 2 bridgehead atoms. The summed E-state index contributed by atoms with van der Waals surface area (Å²) in [6, 6.07) is 7.48. The molecular formula is C19H19N7O3S. The Hall–Kier alpha value is -3.65. The molecule has 1 aliphatic rings. The van der Waals surface area contributed by atoms with Gasteiger partial charge in [0.2, 0.25) is 10.0 Å². The fraction of sp³-hybridized carbons (Fsp3) is 0.263. The number of hydrogen-bond donors (Lipinski definition) is 2. The predicted octanol–water partition coefficient (Wildman–Crippen LogP) is 2.03. The van der Waals surface area contributed by atoms with E-state index < -0.39 is 16.1 Å². The second-order valence-corrected chi connectivity index (χ2v) is 8.80. The van der Waals surface area contributed by atoms with Crippen molar-refractivity contribution in [3.05, 3.63) is 46.8 Å². The SMILES string of the molecule is Cc1ccc2c(c1)[C@@H](C)Oc1nc(cnc1N)-c1c(nn(C)c1C#N)NS(=O)(=O)C2. The van der Waals surface area contributed by atoms with Crippen LogP contribution in [-0.2, 0) is 22.8 Å². The zero-order valence-corrected chi connectivity index (χ0v) is 17.4. The number of nitrogens with one attached hydrogen (secondary N) is 1. The van der Waals surface area contributed by atoms with Gasteiger partial charge in [-0.25, -0.2) is 18.4 Å².